The second-order valence-corrected chi connectivity index (χ2v) is 4.76. The number of nitrogens with zero attached hydrogens (tertiary/aromatic N) is 3. The number of carbonyl (C=O) groups is 2. The number of imidazole rings is 1. The molecule has 1 atom stereocenters. The number of amides is 1. The van der Waals surface area contributed by atoms with Crippen LogP contribution >= 0.6 is 0 Å². The number of carboxylic acids is 1. The highest BCUT2D eigenvalue weighted by Gasteiger charge is 2.23. The van der Waals surface area contributed by atoms with Crippen LogP contribution in [0.1, 0.15) is 65.5 Å². The molecule has 0 aliphatic carbocycles. The zero-order valence-corrected chi connectivity index (χ0v) is 11.7. The molecule has 2 aromatic rings. The SMILES string of the molecule is CC(C)c1nnc([C@@H](C)NC(=O)c2nc[nH]c2C(=O)O)o1. The molecule has 2 heterocycles. The first-order chi connectivity index (χ1) is 9.90. The van der Waals surface area contributed by atoms with Crippen LogP contribution in [0.2, 0.25) is 0 Å². The van der Waals surface area contributed by atoms with Crippen molar-refractivity contribution >= 4 is 11.9 Å². The number of carbonyl (C=O) groups excluding carboxylic acids is 1. The lowest BCUT2D eigenvalue weighted by Crippen LogP contribution is -2.28. The fraction of sp³-hybridized carbons (Fsp3) is 0.417. The monoisotopic (exact) mass is 293 g/mol. The first-order valence-electron chi connectivity index (χ1n) is 6.31. The summed E-state index contributed by atoms with van der Waals surface area (Å²) in [5, 5.41) is 19.2. The summed E-state index contributed by atoms with van der Waals surface area (Å²) in [5.74, 6) is -1.09. The third-order valence-electron chi connectivity index (χ3n) is 2.74. The predicted octanol–water partition coefficient (Wildman–Crippen LogP) is 1.11. The van der Waals surface area contributed by atoms with Gasteiger partial charge in [0.15, 0.2) is 11.4 Å². The topological polar surface area (TPSA) is 134 Å². The van der Waals surface area contributed by atoms with Gasteiger partial charge < -0.3 is 19.8 Å². The summed E-state index contributed by atoms with van der Waals surface area (Å²) in [7, 11) is 0. The highest BCUT2D eigenvalue weighted by atomic mass is 16.4. The molecule has 0 aromatic carbocycles. The fourth-order valence-corrected chi connectivity index (χ4v) is 1.61. The van der Waals surface area contributed by atoms with Crippen molar-refractivity contribution in [3.8, 4) is 0 Å². The summed E-state index contributed by atoms with van der Waals surface area (Å²) in [6.45, 7) is 5.47. The lowest BCUT2D eigenvalue weighted by molar-refractivity contribution is 0.0684. The Balaban J connectivity index is 2.11. The first-order valence-corrected chi connectivity index (χ1v) is 6.31. The molecule has 0 aliphatic rings. The Morgan fingerprint density at radius 2 is 1.95 bits per heavy atom. The predicted molar refractivity (Wildman–Crippen MR) is 69.8 cm³/mol. The number of rotatable bonds is 5. The van der Waals surface area contributed by atoms with E-state index in [1.807, 2.05) is 13.8 Å². The van der Waals surface area contributed by atoms with E-state index in [4.69, 9.17) is 9.52 Å². The average molecular weight is 293 g/mol. The second kappa shape index (κ2) is 5.73. The van der Waals surface area contributed by atoms with Gasteiger partial charge in [-0.25, -0.2) is 9.78 Å². The van der Waals surface area contributed by atoms with Crippen LogP contribution in [0.25, 0.3) is 0 Å². The Morgan fingerprint density at radius 3 is 2.52 bits per heavy atom. The second-order valence-electron chi connectivity index (χ2n) is 4.76. The van der Waals surface area contributed by atoms with E-state index in [0.717, 1.165) is 6.33 Å². The van der Waals surface area contributed by atoms with Gasteiger partial charge in [-0.3, -0.25) is 4.79 Å². The molecule has 0 bridgehead atoms. The largest absolute Gasteiger partial charge is 0.477 e. The van der Waals surface area contributed by atoms with Gasteiger partial charge in [0.2, 0.25) is 11.8 Å². The van der Waals surface area contributed by atoms with Crippen LogP contribution in [0.4, 0.5) is 0 Å². The van der Waals surface area contributed by atoms with E-state index >= 15 is 0 Å². The molecule has 2 rings (SSSR count). The van der Waals surface area contributed by atoms with Crippen LogP contribution < -0.4 is 5.32 Å². The summed E-state index contributed by atoms with van der Waals surface area (Å²) in [6.07, 6.45) is 1.15. The van der Waals surface area contributed by atoms with Gasteiger partial charge in [-0.05, 0) is 6.92 Å². The number of nitrogens with one attached hydrogen (secondary N) is 2. The summed E-state index contributed by atoms with van der Waals surface area (Å²) < 4.78 is 5.42. The maximum atomic E-state index is 12.0. The fourth-order valence-electron chi connectivity index (χ4n) is 1.61. The van der Waals surface area contributed by atoms with Crippen LogP contribution in [-0.4, -0.2) is 37.1 Å². The summed E-state index contributed by atoms with van der Waals surface area (Å²) in [6, 6.07) is -0.559. The van der Waals surface area contributed by atoms with Gasteiger partial charge in [-0.15, -0.1) is 10.2 Å². The maximum Gasteiger partial charge on any atom is 0.354 e. The van der Waals surface area contributed by atoms with Gasteiger partial charge in [0.1, 0.15) is 6.04 Å². The Hall–Kier alpha value is -2.71. The molecule has 0 radical (unpaired) electrons. The van der Waals surface area contributed by atoms with E-state index in [2.05, 4.69) is 25.5 Å². The third kappa shape index (κ3) is 3.07. The van der Waals surface area contributed by atoms with Crippen molar-refractivity contribution in [3.05, 3.63) is 29.5 Å². The number of hydrogen-bond acceptors (Lipinski definition) is 6. The van der Waals surface area contributed by atoms with E-state index in [0.29, 0.717) is 5.89 Å². The van der Waals surface area contributed by atoms with Crippen molar-refractivity contribution in [1.82, 2.24) is 25.5 Å². The molecule has 3 N–H and O–H groups in total. The molecule has 112 valence electrons. The number of hydrogen-bond donors (Lipinski definition) is 3. The third-order valence-corrected chi connectivity index (χ3v) is 2.74. The molecule has 9 nitrogen and oxygen atoms in total. The van der Waals surface area contributed by atoms with Gasteiger partial charge in [0.25, 0.3) is 5.91 Å². The Bertz CT molecular complexity index is 660. The molecule has 1 amide bonds. The van der Waals surface area contributed by atoms with Crippen molar-refractivity contribution in [2.75, 3.05) is 0 Å². The molecule has 0 saturated heterocycles. The van der Waals surface area contributed by atoms with Gasteiger partial charge in [0, 0.05) is 5.92 Å². The zero-order valence-electron chi connectivity index (χ0n) is 11.7. The van der Waals surface area contributed by atoms with Crippen molar-refractivity contribution < 1.29 is 19.1 Å². The van der Waals surface area contributed by atoms with Gasteiger partial charge >= 0.3 is 5.97 Å². The molecule has 9 heteroatoms. The lowest BCUT2D eigenvalue weighted by atomic mass is 10.2. The zero-order chi connectivity index (χ0) is 15.6. The molecular weight excluding hydrogens is 278 g/mol. The van der Waals surface area contributed by atoms with E-state index < -0.39 is 17.9 Å². The lowest BCUT2D eigenvalue weighted by Gasteiger charge is -2.09. The van der Waals surface area contributed by atoms with E-state index in [-0.39, 0.29) is 23.2 Å². The normalized spacial score (nSPS) is 12.4. The van der Waals surface area contributed by atoms with Crippen molar-refractivity contribution in [3.63, 3.8) is 0 Å². The summed E-state index contributed by atoms with van der Waals surface area (Å²) in [4.78, 5) is 29.0. The Labute approximate surface area is 119 Å². The van der Waals surface area contributed by atoms with Crippen molar-refractivity contribution in [2.24, 2.45) is 0 Å². The number of carboxylic acid groups (broad SMARTS) is 1. The van der Waals surface area contributed by atoms with Gasteiger partial charge in [0.05, 0.1) is 6.33 Å². The maximum absolute atomic E-state index is 12.0. The standard InChI is InChI=1S/C12H15N5O4/c1-5(2)10-16-17-11(21-10)6(3)15-9(18)7-8(12(19)20)14-4-13-7/h4-6H,1-3H3,(H,13,14)(H,15,18)(H,19,20)/t6-/m1/s1. The highest BCUT2D eigenvalue weighted by Crippen LogP contribution is 2.17. The molecule has 0 aliphatic heterocycles. The van der Waals surface area contributed by atoms with E-state index in [1.54, 1.807) is 6.92 Å². The molecule has 0 spiro atoms. The van der Waals surface area contributed by atoms with Crippen LogP contribution in [0.3, 0.4) is 0 Å². The van der Waals surface area contributed by atoms with Gasteiger partial charge in [-0.1, -0.05) is 13.8 Å². The minimum atomic E-state index is -1.26. The number of H-pyrrole nitrogens is 1. The van der Waals surface area contributed by atoms with Crippen molar-refractivity contribution in [1.29, 1.82) is 0 Å². The minimum Gasteiger partial charge on any atom is -0.477 e. The van der Waals surface area contributed by atoms with Crippen LogP contribution in [0, 0.1) is 0 Å². The summed E-state index contributed by atoms with van der Waals surface area (Å²) >= 11 is 0. The van der Waals surface area contributed by atoms with E-state index in [1.165, 1.54) is 0 Å². The smallest absolute Gasteiger partial charge is 0.354 e. The molecule has 0 saturated carbocycles. The number of aromatic nitrogens is 4. The molecule has 0 fully saturated rings. The Morgan fingerprint density at radius 1 is 1.29 bits per heavy atom. The quantitative estimate of drug-likeness (QED) is 0.751. The van der Waals surface area contributed by atoms with E-state index in [9.17, 15) is 9.59 Å². The molecule has 2 aromatic heterocycles. The van der Waals surface area contributed by atoms with Crippen LogP contribution in [0.15, 0.2) is 10.7 Å². The van der Waals surface area contributed by atoms with Crippen LogP contribution in [-0.2, 0) is 0 Å². The molecule has 21 heavy (non-hydrogen) atoms. The molecule has 0 unspecified atom stereocenters. The summed E-state index contributed by atoms with van der Waals surface area (Å²) in [5.41, 5.74) is -0.467. The number of aromatic amines is 1. The van der Waals surface area contributed by atoms with Crippen LogP contribution in [0.5, 0.6) is 0 Å². The van der Waals surface area contributed by atoms with Crippen molar-refractivity contribution in [2.45, 2.75) is 32.7 Å². The highest BCUT2D eigenvalue weighted by molar-refractivity contribution is 6.02. The average Bonchev–Trinajstić information content (AvgIpc) is 3.07. The van der Waals surface area contributed by atoms with Gasteiger partial charge in [-0.2, -0.15) is 0 Å². The molecular formula is C12H15N5O4. The minimum absolute atomic E-state index is 0.0825. The Kier molecular flexibility index (Phi) is 4.01. The number of aromatic carboxylic acids is 1. The first kappa shape index (κ1) is 14.7.